The van der Waals surface area contributed by atoms with Crippen molar-refractivity contribution in [3.63, 3.8) is 0 Å². The van der Waals surface area contributed by atoms with Gasteiger partial charge in [-0.25, -0.2) is 4.98 Å². The molecular weight excluding hydrogens is 242 g/mol. The van der Waals surface area contributed by atoms with Crippen LogP contribution in [0.2, 0.25) is 0 Å². The van der Waals surface area contributed by atoms with Gasteiger partial charge in [0.25, 0.3) is 0 Å². The van der Waals surface area contributed by atoms with Crippen molar-refractivity contribution in [3.8, 4) is 0 Å². The number of aryl methyl sites for hydroxylation is 1. The minimum Gasteiger partial charge on any atom is -0.345 e. The number of imidazole rings is 1. The van der Waals surface area contributed by atoms with Gasteiger partial charge in [0.15, 0.2) is 5.82 Å². The van der Waals surface area contributed by atoms with E-state index in [-0.39, 0.29) is 0 Å². The summed E-state index contributed by atoms with van der Waals surface area (Å²) in [6.45, 7) is 10.5. The molecular formula is C13H21N5O. The van der Waals surface area contributed by atoms with Crippen molar-refractivity contribution in [1.29, 1.82) is 0 Å². The number of H-pyrrole nitrogens is 1. The highest BCUT2D eigenvalue weighted by atomic mass is 16.5. The molecule has 0 aliphatic carbocycles. The predicted molar refractivity (Wildman–Crippen MR) is 71.5 cm³/mol. The summed E-state index contributed by atoms with van der Waals surface area (Å²) in [5.74, 6) is 2.68. The van der Waals surface area contributed by atoms with Gasteiger partial charge in [0.1, 0.15) is 5.82 Å². The molecule has 0 aliphatic heterocycles. The third kappa shape index (κ3) is 3.64. The zero-order valence-corrected chi connectivity index (χ0v) is 12.0. The Kier molecular flexibility index (Phi) is 4.31. The number of hydrogen-bond acceptors (Lipinski definition) is 5. The van der Waals surface area contributed by atoms with Crippen molar-refractivity contribution in [1.82, 2.24) is 25.0 Å². The van der Waals surface area contributed by atoms with Crippen molar-refractivity contribution in [2.75, 3.05) is 6.54 Å². The van der Waals surface area contributed by atoms with Crippen LogP contribution >= 0.6 is 0 Å². The predicted octanol–water partition coefficient (Wildman–Crippen LogP) is 2.25. The highest BCUT2D eigenvalue weighted by Gasteiger charge is 2.13. The largest absolute Gasteiger partial charge is 0.345 e. The lowest BCUT2D eigenvalue weighted by Gasteiger charge is -2.16. The van der Waals surface area contributed by atoms with Gasteiger partial charge in [-0.15, -0.1) is 0 Å². The number of rotatable bonds is 6. The van der Waals surface area contributed by atoms with Crippen LogP contribution in [0.5, 0.6) is 0 Å². The topological polar surface area (TPSA) is 70.8 Å². The van der Waals surface area contributed by atoms with E-state index in [9.17, 15) is 0 Å². The van der Waals surface area contributed by atoms with E-state index in [0.717, 1.165) is 30.4 Å². The van der Waals surface area contributed by atoms with Crippen molar-refractivity contribution in [2.45, 2.75) is 46.7 Å². The first-order valence-electron chi connectivity index (χ1n) is 6.63. The second kappa shape index (κ2) is 5.97. The summed E-state index contributed by atoms with van der Waals surface area (Å²) in [7, 11) is 0. The molecule has 0 saturated carbocycles. The van der Waals surface area contributed by atoms with Crippen LogP contribution in [-0.2, 0) is 13.1 Å². The second-order valence-corrected chi connectivity index (χ2v) is 5.02. The van der Waals surface area contributed by atoms with Crippen LogP contribution in [0.4, 0.5) is 0 Å². The Hall–Kier alpha value is -1.69. The van der Waals surface area contributed by atoms with Gasteiger partial charge in [-0.1, -0.05) is 25.9 Å². The third-order valence-electron chi connectivity index (χ3n) is 2.94. The van der Waals surface area contributed by atoms with Crippen LogP contribution in [0.15, 0.2) is 10.7 Å². The number of nitrogens with one attached hydrogen (secondary N) is 1. The van der Waals surface area contributed by atoms with E-state index in [1.807, 2.05) is 13.1 Å². The smallest absolute Gasteiger partial charge is 0.240 e. The van der Waals surface area contributed by atoms with E-state index in [1.54, 1.807) is 0 Å². The average Bonchev–Trinajstić information content (AvgIpc) is 2.98. The molecule has 2 aromatic heterocycles. The first kappa shape index (κ1) is 13.7. The molecule has 0 aliphatic rings. The molecule has 2 rings (SSSR count). The van der Waals surface area contributed by atoms with Crippen LogP contribution in [-0.4, -0.2) is 31.6 Å². The molecule has 0 amide bonds. The highest BCUT2D eigenvalue weighted by Crippen LogP contribution is 2.12. The summed E-state index contributed by atoms with van der Waals surface area (Å²) >= 11 is 0. The van der Waals surface area contributed by atoms with E-state index >= 15 is 0 Å². The summed E-state index contributed by atoms with van der Waals surface area (Å²) in [6, 6.07) is 0. The molecule has 0 saturated heterocycles. The molecule has 2 aromatic rings. The van der Waals surface area contributed by atoms with Gasteiger partial charge in [0.05, 0.1) is 13.1 Å². The first-order chi connectivity index (χ1) is 9.08. The zero-order valence-electron chi connectivity index (χ0n) is 12.0. The van der Waals surface area contributed by atoms with E-state index in [0.29, 0.717) is 18.4 Å². The van der Waals surface area contributed by atoms with E-state index in [1.165, 1.54) is 0 Å². The molecule has 0 aromatic carbocycles. The lowest BCUT2D eigenvalue weighted by molar-refractivity contribution is 0.224. The second-order valence-electron chi connectivity index (χ2n) is 5.02. The Bertz CT molecular complexity index is 517. The minimum atomic E-state index is 0.292. The maximum absolute atomic E-state index is 5.27. The lowest BCUT2D eigenvalue weighted by Crippen LogP contribution is -2.23. The first-order valence-corrected chi connectivity index (χ1v) is 6.63. The quantitative estimate of drug-likeness (QED) is 0.865. The lowest BCUT2D eigenvalue weighted by atomic mass is 10.2. The maximum atomic E-state index is 5.27. The number of nitrogens with zero attached hydrogens (tertiary/aromatic N) is 4. The number of aromatic nitrogens is 4. The molecule has 0 radical (unpaired) electrons. The van der Waals surface area contributed by atoms with Gasteiger partial charge in [-0.2, -0.15) is 4.98 Å². The maximum Gasteiger partial charge on any atom is 0.240 e. The number of aromatic amines is 1. The van der Waals surface area contributed by atoms with E-state index in [2.05, 4.69) is 45.8 Å². The van der Waals surface area contributed by atoms with Gasteiger partial charge in [-0.3, -0.25) is 4.90 Å². The van der Waals surface area contributed by atoms with Gasteiger partial charge >= 0.3 is 0 Å². The third-order valence-corrected chi connectivity index (χ3v) is 2.94. The van der Waals surface area contributed by atoms with Crippen molar-refractivity contribution in [3.05, 3.63) is 29.4 Å². The Morgan fingerprint density at radius 2 is 2.16 bits per heavy atom. The molecule has 2 heterocycles. The van der Waals surface area contributed by atoms with Crippen LogP contribution in [0.1, 0.15) is 49.9 Å². The molecule has 0 spiro atoms. The van der Waals surface area contributed by atoms with E-state index < -0.39 is 0 Å². The molecule has 1 N–H and O–H groups in total. The zero-order chi connectivity index (χ0) is 13.8. The van der Waals surface area contributed by atoms with Crippen LogP contribution in [0.25, 0.3) is 0 Å². The van der Waals surface area contributed by atoms with Crippen molar-refractivity contribution < 1.29 is 4.52 Å². The Morgan fingerprint density at radius 3 is 2.68 bits per heavy atom. The summed E-state index contributed by atoms with van der Waals surface area (Å²) in [6.07, 6.45) is 1.84. The Morgan fingerprint density at radius 1 is 1.37 bits per heavy atom. The fourth-order valence-corrected chi connectivity index (χ4v) is 1.80. The molecule has 104 valence electrons. The summed E-state index contributed by atoms with van der Waals surface area (Å²) < 4.78 is 5.27. The molecule has 6 heteroatoms. The molecule has 19 heavy (non-hydrogen) atoms. The van der Waals surface area contributed by atoms with Crippen LogP contribution in [0.3, 0.4) is 0 Å². The minimum absolute atomic E-state index is 0.292. The van der Waals surface area contributed by atoms with Gasteiger partial charge in [0.2, 0.25) is 5.89 Å². The molecule has 0 atom stereocenters. The van der Waals surface area contributed by atoms with Gasteiger partial charge < -0.3 is 9.51 Å². The van der Waals surface area contributed by atoms with E-state index in [4.69, 9.17) is 4.52 Å². The molecule has 0 fully saturated rings. The summed E-state index contributed by atoms with van der Waals surface area (Å²) in [4.78, 5) is 14.1. The standard InChI is InChI=1S/C13H21N5O/c1-5-18(7-11-14-6-10(4)15-11)8-12-16-13(9(2)3)17-19-12/h6,9H,5,7-8H2,1-4H3,(H,14,15). The van der Waals surface area contributed by atoms with Crippen molar-refractivity contribution in [2.24, 2.45) is 0 Å². The Balaban J connectivity index is 1.98. The van der Waals surface area contributed by atoms with Gasteiger partial charge in [0, 0.05) is 17.8 Å². The monoisotopic (exact) mass is 263 g/mol. The normalized spacial score (nSPS) is 11.7. The summed E-state index contributed by atoms with van der Waals surface area (Å²) in [5, 5.41) is 3.98. The Labute approximate surface area is 113 Å². The van der Waals surface area contributed by atoms with Crippen LogP contribution < -0.4 is 0 Å². The molecule has 0 bridgehead atoms. The number of hydrogen-bond donors (Lipinski definition) is 1. The highest BCUT2D eigenvalue weighted by molar-refractivity contribution is 4.98. The fraction of sp³-hybridized carbons (Fsp3) is 0.615. The molecule has 0 unspecified atom stereocenters. The SMILES string of the molecule is CCN(Cc1ncc(C)[nH]1)Cc1nc(C(C)C)no1. The van der Waals surface area contributed by atoms with Crippen LogP contribution in [0, 0.1) is 6.92 Å². The average molecular weight is 263 g/mol. The van der Waals surface area contributed by atoms with Gasteiger partial charge in [-0.05, 0) is 13.5 Å². The fourth-order valence-electron chi connectivity index (χ4n) is 1.80. The molecule has 6 nitrogen and oxygen atoms in total. The van der Waals surface area contributed by atoms with Crippen molar-refractivity contribution >= 4 is 0 Å². The summed E-state index contributed by atoms with van der Waals surface area (Å²) in [5.41, 5.74) is 1.07.